The van der Waals surface area contributed by atoms with Crippen molar-refractivity contribution in [1.29, 1.82) is 0 Å². The van der Waals surface area contributed by atoms with E-state index in [1.54, 1.807) is 31.2 Å². The van der Waals surface area contributed by atoms with Crippen LogP contribution in [-0.2, 0) is 14.6 Å². The Bertz CT molecular complexity index is 528. The van der Waals surface area contributed by atoms with E-state index in [0.29, 0.717) is 11.4 Å². The van der Waals surface area contributed by atoms with Crippen molar-refractivity contribution in [3.63, 3.8) is 0 Å². The van der Waals surface area contributed by atoms with E-state index < -0.39 is 9.84 Å². The molecule has 3 N–H and O–H groups in total. The lowest BCUT2D eigenvalue weighted by atomic mass is 10.3. The van der Waals surface area contributed by atoms with Crippen LogP contribution in [0.3, 0.4) is 0 Å². The standard InChI is InChI=1S/C12H18N2O4S/c1-2-19(16,17)7-6-14-12(15)9-18-11-5-3-4-10(13)8-11/h3-5,8H,2,6-7,9,13H2,1H3,(H,14,15). The molecule has 1 amide bonds. The number of sulfone groups is 1. The van der Waals surface area contributed by atoms with Crippen molar-refractivity contribution in [1.82, 2.24) is 5.32 Å². The first kappa shape index (κ1) is 15.3. The molecule has 0 fully saturated rings. The van der Waals surface area contributed by atoms with E-state index in [4.69, 9.17) is 10.5 Å². The summed E-state index contributed by atoms with van der Waals surface area (Å²) in [7, 11) is -3.06. The number of nitrogens with one attached hydrogen (secondary N) is 1. The molecular weight excluding hydrogens is 268 g/mol. The number of nitrogens with two attached hydrogens (primary N) is 1. The van der Waals surface area contributed by atoms with E-state index in [1.165, 1.54) is 0 Å². The van der Waals surface area contributed by atoms with Crippen LogP contribution in [0.4, 0.5) is 5.69 Å². The van der Waals surface area contributed by atoms with Crippen molar-refractivity contribution in [3.8, 4) is 5.75 Å². The second-order valence-corrected chi connectivity index (χ2v) is 6.42. The van der Waals surface area contributed by atoms with Crippen LogP contribution < -0.4 is 15.8 Å². The van der Waals surface area contributed by atoms with Gasteiger partial charge in [-0.05, 0) is 12.1 Å². The molecule has 1 rings (SSSR count). The van der Waals surface area contributed by atoms with Crippen LogP contribution in [0.25, 0.3) is 0 Å². The van der Waals surface area contributed by atoms with Gasteiger partial charge in [-0.1, -0.05) is 13.0 Å². The summed E-state index contributed by atoms with van der Waals surface area (Å²) >= 11 is 0. The number of carbonyl (C=O) groups is 1. The highest BCUT2D eigenvalue weighted by Crippen LogP contribution is 2.13. The van der Waals surface area contributed by atoms with E-state index in [1.807, 2.05) is 0 Å². The molecule has 0 aliphatic carbocycles. The third kappa shape index (κ3) is 6.10. The van der Waals surface area contributed by atoms with Gasteiger partial charge in [0, 0.05) is 24.1 Å². The van der Waals surface area contributed by atoms with Gasteiger partial charge in [-0.3, -0.25) is 4.79 Å². The molecule has 0 aromatic heterocycles. The summed E-state index contributed by atoms with van der Waals surface area (Å²) in [6.07, 6.45) is 0. The molecule has 0 aliphatic rings. The van der Waals surface area contributed by atoms with Crippen molar-refractivity contribution in [2.24, 2.45) is 0 Å². The Kier molecular flexibility index (Phi) is 5.62. The highest BCUT2D eigenvalue weighted by molar-refractivity contribution is 7.91. The smallest absolute Gasteiger partial charge is 0.257 e. The largest absolute Gasteiger partial charge is 0.484 e. The molecule has 0 bridgehead atoms. The van der Waals surface area contributed by atoms with E-state index in [9.17, 15) is 13.2 Å². The Balaban J connectivity index is 2.29. The second kappa shape index (κ2) is 6.98. The topological polar surface area (TPSA) is 98.5 Å². The Labute approximate surface area is 112 Å². The normalized spacial score (nSPS) is 11.0. The predicted molar refractivity (Wildman–Crippen MR) is 73.7 cm³/mol. The van der Waals surface area contributed by atoms with E-state index in [-0.39, 0.29) is 30.6 Å². The van der Waals surface area contributed by atoms with Crippen molar-refractivity contribution in [2.75, 3.05) is 30.4 Å². The SMILES string of the molecule is CCS(=O)(=O)CCNC(=O)COc1cccc(N)c1. The molecule has 7 heteroatoms. The molecule has 106 valence electrons. The average Bonchev–Trinajstić information content (AvgIpc) is 2.36. The zero-order valence-corrected chi connectivity index (χ0v) is 11.6. The molecular formula is C12H18N2O4S. The highest BCUT2D eigenvalue weighted by atomic mass is 32.2. The molecule has 1 aromatic rings. The summed E-state index contributed by atoms with van der Waals surface area (Å²) < 4.78 is 27.6. The monoisotopic (exact) mass is 286 g/mol. The minimum absolute atomic E-state index is 0.0620. The molecule has 0 aliphatic heterocycles. The zero-order valence-electron chi connectivity index (χ0n) is 10.8. The lowest BCUT2D eigenvalue weighted by molar-refractivity contribution is -0.122. The molecule has 0 radical (unpaired) electrons. The molecule has 19 heavy (non-hydrogen) atoms. The van der Waals surface area contributed by atoms with Gasteiger partial charge in [-0.2, -0.15) is 0 Å². The molecule has 0 atom stereocenters. The fourth-order valence-electron chi connectivity index (χ4n) is 1.29. The molecule has 0 saturated heterocycles. The first-order valence-corrected chi connectivity index (χ1v) is 7.70. The zero-order chi connectivity index (χ0) is 14.3. The van der Waals surface area contributed by atoms with Gasteiger partial charge in [0.05, 0.1) is 5.75 Å². The Morgan fingerprint density at radius 3 is 2.79 bits per heavy atom. The molecule has 0 saturated carbocycles. The third-order valence-electron chi connectivity index (χ3n) is 2.40. The lowest BCUT2D eigenvalue weighted by Crippen LogP contribution is -2.33. The first-order chi connectivity index (χ1) is 8.93. The van der Waals surface area contributed by atoms with Crippen LogP contribution in [0.2, 0.25) is 0 Å². The predicted octanol–water partition coefficient (Wildman–Crippen LogP) is 0.199. The van der Waals surface area contributed by atoms with E-state index in [2.05, 4.69) is 5.32 Å². The number of anilines is 1. The van der Waals surface area contributed by atoms with Gasteiger partial charge in [0.2, 0.25) is 0 Å². The Morgan fingerprint density at radius 1 is 1.42 bits per heavy atom. The molecule has 0 spiro atoms. The van der Waals surface area contributed by atoms with Crippen molar-refractivity contribution >= 4 is 21.4 Å². The maximum absolute atomic E-state index is 11.4. The van der Waals surface area contributed by atoms with E-state index >= 15 is 0 Å². The van der Waals surface area contributed by atoms with Gasteiger partial charge in [-0.25, -0.2) is 8.42 Å². The number of benzene rings is 1. The number of nitrogen functional groups attached to an aromatic ring is 1. The number of amides is 1. The number of hydrogen-bond acceptors (Lipinski definition) is 5. The highest BCUT2D eigenvalue weighted by Gasteiger charge is 2.08. The van der Waals surface area contributed by atoms with Crippen LogP contribution in [0.5, 0.6) is 5.75 Å². The van der Waals surface area contributed by atoms with Crippen molar-refractivity contribution < 1.29 is 17.9 Å². The minimum Gasteiger partial charge on any atom is -0.484 e. The molecule has 1 aromatic carbocycles. The van der Waals surface area contributed by atoms with Crippen LogP contribution in [0, 0.1) is 0 Å². The maximum Gasteiger partial charge on any atom is 0.257 e. The van der Waals surface area contributed by atoms with Gasteiger partial charge < -0.3 is 15.8 Å². The van der Waals surface area contributed by atoms with Crippen LogP contribution >= 0.6 is 0 Å². The quantitative estimate of drug-likeness (QED) is 0.698. The lowest BCUT2D eigenvalue weighted by Gasteiger charge is -2.07. The van der Waals surface area contributed by atoms with Gasteiger partial charge in [-0.15, -0.1) is 0 Å². The average molecular weight is 286 g/mol. The summed E-state index contributed by atoms with van der Waals surface area (Å²) in [6, 6.07) is 6.72. The number of ether oxygens (including phenoxy) is 1. The minimum atomic E-state index is -3.06. The first-order valence-electron chi connectivity index (χ1n) is 5.88. The van der Waals surface area contributed by atoms with E-state index in [0.717, 1.165) is 0 Å². The third-order valence-corrected chi connectivity index (χ3v) is 4.11. The fourth-order valence-corrected chi connectivity index (χ4v) is 2.00. The van der Waals surface area contributed by atoms with Gasteiger partial charge >= 0.3 is 0 Å². The Morgan fingerprint density at radius 2 is 2.16 bits per heavy atom. The fraction of sp³-hybridized carbons (Fsp3) is 0.417. The summed E-state index contributed by atoms with van der Waals surface area (Å²) in [5, 5.41) is 2.48. The maximum atomic E-state index is 11.4. The molecule has 0 unspecified atom stereocenters. The number of carbonyl (C=O) groups excluding carboxylic acids is 1. The Hall–Kier alpha value is -1.76. The van der Waals surface area contributed by atoms with Crippen LogP contribution in [0.1, 0.15) is 6.92 Å². The van der Waals surface area contributed by atoms with Gasteiger partial charge in [0.15, 0.2) is 16.4 Å². The van der Waals surface area contributed by atoms with Gasteiger partial charge in [0.25, 0.3) is 5.91 Å². The van der Waals surface area contributed by atoms with Gasteiger partial charge in [0.1, 0.15) is 5.75 Å². The van der Waals surface area contributed by atoms with Crippen LogP contribution in [0.15, 0.2) is 24.3 Å². The summed E-state index contributed by atoms with van der Waals surface area (Å²) in [4.78, 5) is 11.4. The van der Waals surface area contributed by atoms with Crippen molar-refractivity contribution in [2.45, 2.75) is 6.92 Å². The van der Waals surface area contributed by atoms with Crippen molar-refractivity contribution in [3.05, 3.63) is 24.3 Å². The summed E-state index contributed by atoms with van der Waals surface area (Å²) in [5.74, 6) is 0.140. The second-order valence-electron chi connectivity index (χ2n) is 3.95. The van der Waals surface area contributed by atoms with Crippen LogP contribution in [-0.4, -0.2) is 39.0 Å². The molecule has 6 nitrogen and oxygen atoms in total. The summed E-state index contributed by atoms with van der Waals surface area (Å²) in [6.45, 7) is 1.49. The summed E-state index contributed by atoms with van der Waals surface area (Å²) in [5.41, 5.74) is 6.11. The molecule has 0 heterocycles. The number of rotatable bonds is 7. The number of hydrogen-bond donors (Lipinski definition) is 2.